The normalized spacial score (nSPS) is 11.0. The highest BCUT2D eigenvalue weighted by molar-refractivity contribution is 9.10. The van der Waals surface area contributed by atoms with Crippen LogP contribution in [0.1, 0.15) is 36.5 Å². The van der Waals surface area contributed by atoms with Crippen molar-refractivity contribution in [3.8, 4) is 11.1 Å². The van der Waals surface area contributed by atoms with Crippen molar-refractivity contribution in [2.75, 3.05) is 6.61 Å². The van der Waals surface area contributed by atoms with E-state index in [0.717, 1.165) is 27.7 Å². The predicted octanol–water partition coefficient (Wildman–Crippen LogP) is 3.68. The molecule has 6 nitrogen and oxygen atoms in total. The molecule has 0 amide bonds. The van der Waals surface area contributed by atoms with Gasteiger partial charge in [0.2, 0.25) is 0 Å². The van der Waals surface area contributed by atoms with E-state index in [9.17, 15) is 4.79 Å². The summed E-state index contributed by atoms with van der Waals surface area (Å²) in [6.45, 7) is 4.11. The lowest BCUT2D eigenvalue weighted by Crippen LogP contribution is -2.16. The van der Waals surface area contributed by atoms with Gasteiger partial charge in [0.25, 0.3) is 0 Å². The highest BCUT2D eigenvalue weighted by Gasteiger charge is 2.21. The number of hydrogen-bond acceptors (Lipinski definition) is 5. The molecular formula is C17H17BrN4O2. The maximum absolute atomic E-state index is 12.1. The third kappa shape index (κ3) is 3.03. The molecule has 0 spiro atoms. The molecule has 0 bridgehead atoms. The fourth-order valence-corrected chi connectivity index (χ4v) is 2.81. The quantitative estimate of drug-likeness (QED) is 0.623. The topological polar surface area (TPSA) is 69.4 Å². The van der Waals surface area contributed by atoms with Crippen molar-refractivity contribution in [3.63, 3.8) is 0 Å². The summed E-state index contributed by atoms with van der Waals surface area (Å²) in [6.07, 6.45) is 3.28. The van der Waals surface area contributed by atoms with Gasteiger partial charge in [-0.1, -0.05) is 41.4 Å². The average molecular weight is 389 g/mol. The van der Waals surface area contributed by atoms with Gasteiger partial charge < -0.3 is 4.74 Å². The van der Waals surface area contributed by atoms with Gasteiger partial charge >= 0.3 is 5.97 Å². The molecule has 0 atom stereocenters. The number of aryl methyl sites for hydroxylation is 1. The van der Waals surface area contributed by atoms with Crippen LogP contribution in [0.4, 0.5) is 0 Å². The Morgan fingerprint density at radius 2 is 1.96 bits per heavy atom. The Bertz CT molecular complexity index is 874. The standard InChI is InChI=1S/C17H17BrN4O2/c1-3-5-14-15(17(23)24-4-2)20-21-16-13(10-19-22(14)16)11-6-8-12(18)9-7-11/h6-10H,3-5H2,1-2H3. The van der Waals surface area contributed by atoms with Gasteiger partial charge in [-0.3, -0.25) is 0 Å². The van der Waals surface area contributed by atoms with E-state index in [1.807, 2.05) is 31.2 Å². The smallest absolute Gasteiger partial charge is 0.360 e. The van der Waals surface area contributed by atoms with E-state index in [0.29, 0.717) is 18.7 Å². The first-order chi connectivity index (χ1) is 11.7. The number of hydrogen-bond donors (Lipinski definition) is 0. The van der Waals surface area contributed by atoms with E-state index in [-0.39, 0.29) is 5.69 Å². The van der Waals surface area contributed by atoms with Crippen molar-refractivity contribution in [2.24, 2.45) is 0 Å². The Morgan fingerprint density at radius 3 is 2.62 bits per heavy atom. The molecule has 1 aromatic carbocycles. The molecule has 3 rings (SSSR count). The molecule has 0 aliphatic heterocycles. The van der Waals surface area contributed by atoms with E-state index < -0.39 is 5.97 Å². The van der Waals surface area contributed by atoms with Crippen LogP contribution in [0.5, 0.6) is 0 Å². The SMILES string of the molecule is CCCc1c(C(=O)OCC)nnc2c(-c3ccc(Br)cc3)cnn12. The van der Waals surface area contributed by atoms with Gasteiger partial charge in [-0.25, -0.2) is 9.31 Å². The van der Waals surface area contributed by atoms with Crippen molar-refractivity contribution >= 4 is 27.5 Å². The molecule has 3 aromatic rings. The first kappa shape index (κ1) is 16.6. The molecule has 0 N–H and O–H groups in total. The average Bonchev–Trinajstić information content (AvgIpc) is 3.01. The van der Waals surface area contributed by atoms with Gasteiger partial charge in [0.1, 0.15) is 0 Å². The second kappa shape index (κ2) is 7.09. The summed E-state index contributed by atoms with van der Waals surface area (Å²) < 4.78 is 7.78. The zero-order valence-corrected chi connectivity index (χ0v) is 15.1. The number of carbonyl (C=O) groups excluding carboxylic acids is 1. The first-order valence-electron chi connectivity index (χ1n) is 7.82. The number of carbonyl (C=O) groups is 1. The summed E-state index contributed by atoms with van der Waals surface area (Å²) in [4.78, 5) is 12.1. The first-order valence-corrected chi connectivity index (χ1v) is 8.61. The molecule has 0 fully saturated rings. The summed E-state index contributed by atoms with van der Waals surface area (Å²) in [5.74, 6) is -0.462. The molecular weight excluding hydrogens is 372 g/mol. The lowest BCUT2D eigenvalue weighted by molar-refractivity contribution is 0.0515. The number of rotatable bonds is 5. The van der Waals surface area contributed by atoms with E-state index in [4.69, 9.17) is 4.74 Å². The predicted molar refractivity (Wildman–Crippen MR) is 93.9 cm³/mol. The second-order valence-electron chi connectivity index (χ2n) is 5.27. The van der Waals surface area contributed by atoms with Crippen LogP contribution >= 0.6 is 15.9 Å². The number of halogens is 1. The lowest BCUT2D eigenvalue weighted by atomic mass is 10.1. The molecule has 7 heteroatoms. The van der Waals surface area contributed by atoms with Crippen molar-refractivity contribution in [2.45, 2.75) is 26.7 Å². The Balaban J connectivity index is 2.15. The minimum atomic E-state index is -0.462. The summed E-state index contributed by atoms with van der Waals surface area (Å²) >= 11 is 3.43. The van der Waals surface area contributed by atoms with Crippen LogP contribution in [-0.2, 0) is 11.2 Å². The Morgan fingerprint density at radius 1 is 1.21 bits per heavy atom. The lowest BCUT2D eigenvalue weighted by Gasteiger charge is -2.08. The van der Waals surface area contributed by atoms with Crippen molar-refractivity contribution < 1.29 is 9.53 Å². The number of nitrogens with zero attached hydrogens (tertiary/aromatic N) is 4. The van der Waals surface area contributed by atoms with Crippen LogP contribution in [0.25, 0.3) is 16.8 Å². The molecule has 0 radical (unpaired) electrons. The summed E-state index contributed by atoms with van der Waals surface area (Å²) in [7, 11) is 0. The maximum atomic E-state index is 12.1. The van der Waals surface area contributed by atoms with Crippen LogP contribution in [-0.4, -0.2) is 32.4 Å². The molecule has 0 saturated heterocycles. The molecule has 24 heavy (non-hydrogen) atoms. The number of esters is 1. The molecule has 124 valence electrons. The summed E-state index contributed by atoms with van der Waals surface area (Å²) in [6, 6.07) is 7.90. The minimum absolute atomic E-state index is 0.233. The fourth-order valence-electron chi connectivity index (χ4n) is 2.54. The molecule has 0 saturated carbocycles. The van der Waals surface area contributed by atoms with E-state index in [2.05, 4.69) is 31.2 Å². The maximum Gasteiger partial charge on any atom is 0.360 e. The van der Waals surface area contributed by atoms with Crippen LogP contribution in [0.3, 0.4) is 0 Å². The largest absolute Gasteiger partial charge is 0.461 e. The number of ether oxygens (including phenoxy) is 1. The summed E-state index contributed by atoms with van der Waals surface area (Å²) in [5.41, 5.74) is 3.46. The molecule has 0 aliphatic rings. The highest BCUT2D eigenvalue weighted by atomic mass is 79.9. The van der Waals surface area contributed by atoms with Gasteiger partial charge in [-0.05, 0) is 31.0 Å². The molecule has 0 unspecified atom stereocenters. The minimum Gasteiger partial charge on any atom is -0.461 e. The van der Waals surface area contributed by atoms with Crippen LogP contribution in [0, 0.1) is 0 Å². The van der Waals surface area contributed by atoms with Gasteiger partial charge in [0.15, 0.2) is 11.3 Å². The number of fused-ring (bicyclic) bond motifs is 1. The van der Waals surface area contributed by atoms with E-state index in [1.54, 1.807) is 17.6 Å². The zero-order valence-electron chi connectivity index (χ0n) is 13.5. The molecule has 2 aromatic heterocycles. The van der Waals surface area contributed by atoms with Gasteiger partial charge in [0.05, 0.1) is 18.5 Å². The van der Waals surface area contributed by atoms with Gasteiger partial charge in [0, 0.05) is 10.0 Å². The van der Waals surface area contributed by atoms with Crippen molar-refractivity contribution in [1.29, 1.82) is 0 Å². The van der Waals surface area contributed by atoms with Crippen molar-refractivity contribution in [1.82, 2.24) is 19.8 Å². The molecule has 2 heterocycles. The van der Waals surface area contributed by atoms with Gasteiger partial charge in [-0.2, -0.15) is 5.10 Å². The number of benzene rings is 1. The zero-order chi connectivity index (χ0) is 17.1. The fraction of sp³-hybridized carbons (Fsp3) is 0.294. The van der Waals surface area contributed by atoms with E-state index in [1.165, 1.54) is 0 Å². The summed E-state index contributed by atoms with van der Waals surface area (Å²) in [5, 5.41) is 12.8. The van der Waals surface area contributed by atoms with Crippen LogP contribution in [0.2, 0.25) is 0 Å². The Kier molecular flexibility index (Phi) is 4.89. The Hall–Kier alpha value is -2.28. The Labute approximate surface area is 148 Å². The van der Waals surface area contributed by atoms with E-state index >= 15 is 0 Å². The third-order valence-electron chi connectivity index (χ3n) is 3.63. The number of aromatic nitrogens is 4. The van der Waals surface area contributed by atoms with Crippen molar-refractivity contribution in [3.05, 3.63) is 46.3 Å². The second-order valence-corrected chi connectivity index (χ2v) is 6.18. The van der Waals surface area contributed by atoms with Crippen LogP contribution < -0.4 is 0 Å². The van der Waals surface area contributed by atoms with Gasteiger partial charge in [-0.15, -0.1) is 10.2 Å². The molecule has 0 aliphatic carbocycles. The third-order valence-corrected chi connectivity index (χ3v) is 4.16. The monoisotopic (exact) mass is 388 g/mol. The van der Waals surface area contributed by atoms with Crippen LogP contribution in [0.15, 0.2) is 34.9 Å². The highest BCUT2D eigenvalue weighted by Crippen LogP contribution is 2.26.